The van der Waals surface area contributed by atoms with Crippen molar-refractivity contribution in [3.05, 3.63) is 52.0 Å². The first-order valence-electron chi connectivity index (χ1n) is 8.90. The highest BCUT2D eigenvalue weighted by Gasteiger charge is 2.20. The molecule has 8 heteroatoms. The van der Waals surface area contributed by atoms with Gasteiger partial charge in [-0.1, -0.05) is 29.3 Å². The molecular weight excluding hydrogens is 443 g/mol. The van der Waals surface area contributed by atoms with Crippen LogP contribution in [0.15, 0.2) is 41.9 Å². The lowest BCUT2D eigenvalue weighted by Gasteiger charge is -2.15. The van der Waals surface area contributed by atoms with Crippen molar-refractivity contribution < 1.29 is 14.2 Å². The highest BCUT2D eigenvalue weighted by molar-refractivity contribution is 7.18. The number of rotatable bonds is 5. The van der Waals surface area contributed by atoms with E-state index in [-0.39, 0.29) is 0 Å². The maximum absolute atomic E-state index is 6.46. The molecule has 2 heterocycles. The molecule has 0 saturated heterocycles. The predicted octanol–water partition coefficient (Wildman–Crippen LogP) is 6.55. The second-order valence-electron chi connectivity index (χ2n) is 6.45. The minimum Gasteiger partial charge on any atom is -0.493 e. The highest BCUT2D eigenvalue weighted by atomic mass is 35.5. The number of methoxy groups -OCH3 is 3. The lowest BCUT2D eigenvalue weighted by Crippen LogP contribution is -1.97. The summed E-state index contributed by atoms with van der Waals surface area (Å²) in [5.41, 5.74) is 9.82. The van der Waals surface area contributed by atoms with E-state index in [4.69, 9.17) is 43.1 Å². The number of nitrogens with zero attached hydrogens (tertiary/aromatic N) is 1. The van der Waals surface area contributed by atoms with Gasteiger partial charge in [-0.25, -0.2) is 4.98 Å². The Labute approximate surface area is 187 Å². The average molecular weight is 461 g/mol. The molecule has 0 radical (unpaired) electrons. The number of hydrogen-bond donors (Lipinski definition) is 1. The van der Waals surface area contributed by atoms with Crippen LogP contribution < -0.4 is 19.9 Å². The molecular formula is C22H18Cl2N2O3S. The minimum absolute atomic E-state index is 0.434. The number of benzene rings is 2. The van der Waals surface area contributed by atoms with Crippen LogP contribution in [0.1, 0.15) is 0 Å². The van der Waals surface area contributed by atoms with E-state index in [2.05, 4.69) is 4.98 Å². The second-order valence-corrected chi connectivity index (χ2v) is 8.17. The number of halogens is 2. The smallest absolute Gasteiger partial charge is 0.203 e. The zero-order valence-electron chi connectivity index (χ0n) is 16.5. The van der Waals surface area contributed by atoms with Crippen molar-refractivity contribution in [2.75, 3.05) is 27.1 Å². The molecule has 5 nitrogen and oxygen atoms in total. The lowest BCUT2D eigenvalue weighted by molar-refractivity contribution is 0.324. The first kappa shape index (κ1) is 20.6. The fraction of sp³-hybridized carbons (Fsp3) is 0.136. The van der Waals surface area contributed by atoms with Crippen molar-refractivity contribution in [3.8, 4) is 39.5 Å². The van der Waals surface area contributed by atoms with E-state index >= 15 is 0 Å². The average Bonchev–Trinajstić information content (AvgIpc) is 3.18. The summed E-state index contributed by atoms with van der Waals surface area (Å²) in [4.78, 5) is 4.45. The van der Waals surface area contributed by atoms with Crippen LogP contribution >= 0.6 is 34.5 Å². The normalized spacial score (nSPS) is 11.0. The van der Waals surface area contributed by atoms with E-state index in [0.717, 1.165) is 32.3 Å². The number of hydrogen-bond acceptors (Lipinski definition) is 6. The quantitative estimate of drug-likeness (QED) is 0.365. The van der Waals surface area contributed by atoms with Crippen LogP contribution in [0.4, 0.5) is 5.82 Å². The number of nitrogens with two attached hydrogens (primary N) is 1. The molecule has 154 valence electrons. The number of anilines is 1. The molecule has 0 atom stereocenters. The summed E-state index contributed by atoms with van der Waals surface area (Å²) in [6, 6.07) is 9.19. The molecule has 0 bridgehead atoms. The van der Waals surface area contributed by atoms with Gasteiger partial charge in [0.25, 0.3) is 0 Å². The molecule has 0 spiro atoms. The van der Waals surface area contributed by atoms with Crippen LogP contribution in [0.3, 0.4) is 0 Å². The molecule has 0 unspecified atom stereocenters. The van der Waals surface area contributed by atoms with Crippen LogP contribution in [0.5, 0.6) is 17.2 Å². The summed E-state index contributed by atoms with van der Waals surface area (Å²) in [6.45, 7) is 0. The van der Waals surface area contributed by atoms with Gasteiger partial charge in [-0.15, -0.1) is 11.3 Å². The summed E-state index contributed by atoms with van der Waals surface area (Å²) in [6.07, 6.45) is 1.75. The van der Waals surface area contributed by atoms with Crippen LogP contribution in [-0.4, -0.2) is 26.3 Å². The van der Waals surface area contributed by atoms with E-state index in [1.54, 1.807) is 51.0 Å². The van der Waals surface area contributed by atoms with Gasteiger partial charge in [0.15, 0.2) is 11.5 Å². The Morgan fingerprint density at radius 1 is 0.900 bits per heavy atom. The fourth-order valence-corrected chi connectivity index (χ4v) is 5.04. The van der Waals surface area contributed by atoms with Gasteiger partial charge in [0.2, 0.25) is 5.75 Å². The van der Waals surface area contributed by atoms with Gasteiger partial charge in [-0.05, 0) is 29.8 Å². The van der Waals surface area contributed by atoms with Crippen molar-refractivity contribution in [1.29, 1.82) is 0 Å². The molecule has 2 aromatic carbocycles. The molecule has 0 saturated carbocycles. The van der Waals surface area contributed by atoms with Gasteiger partial charge < -0.3 is 19.9 Å². The number of aromatic nitrogens is 1. The van der Waals surface area contributed by atoms with Crippen molar-refractivity contribution in [3.63, 3.8) is 0 Å². The molecule has 0 aliphatic rings. The molecule has 0 amide bonds. The standard InChI is InChI=1S/C22H18Cl2N2O3S/c1-27-17-6-11(7-18(28-2)20(17)29-3)14-9-26-22(25)19-15(10-30-21(14)19)13-5-4-12(23)8-16(13)24/h4-10H,1-3H3,(H2,25,26). The largest absolute Gasteiger partial charge is 0.493 e. The van der Waals surface area contributed by atoms with Gasteiger partial charge in [-0.3, -0.25) is 0 Å². The maximum atomic E-state index is 6.46. The lowest BCUT2D eigenvalue weighted by atomic mass is 10.0. The van der Waals surface area contributed by atoms with Crippen molar-refractivity contribution in [2.24, 2.45) is 0 Å². The number of ether oxygens (including phenoxy) is 3. The molecule has 4 aromatic rings. The van der Waals surface area contributed by atoms with Crippen molar-refractivity contribution in [2.45, 2.75) is 0 Å². The third kappa shape index (κ3) is 3.41. The van der Waals surface area contributed by atoms with Gasteiger partial charge in [0, 0.05) is 48.4 Å². The summed E-state index contributed by atoms with van der Waals surface area (Å²) in [5.74, 6) is 2.09. The van der Waals surface area contributed by atoms with E-state index in [1.807, 2.05) is 23.6 Å². The predicted molar refractivity (Wildman–Crippen MR) is 125 cm³/mol. The van der Waals surface area contributed by atoms with E-state index < -0.39 is 0 Å². The third-order valence-corrected chi connectivity index (χ3v) is 6.38. The van der Waals surface area contributed by atoms with E-state index in [9.17, 15) is 0 Å². The van der Waals surface area contributed by atoms with Crippen molar-refractivity contribution >= 4 is 50.4 Å². The monoisotopic (exact) mass is 460 g/mol. The number of fused-ring (bicyclic) bond motifs is 1. The maximum Gasteiger partial charge on any atom is 0.203 e. The summed E-state index contributed by atoms with van der Waals surface area (Å²) < 4.78 is 17.4. The molecule has 0 aliphatic carbocycles. The molecule has 0 fully saturated rings. The second kappa shape index (κ2) is 8.22. The Morgan fingerprint density at radius 3 is 2.20 bits per heavy atom. The SMILES string of the molecule is COc1cc(-c2cnc(N)c3c(-c4ccc(Cl)cc4Cl)csc23)cc(OC)c1OC. The van der Waals surface area contributed by atoms with Crippen LogP contribution in [-0.2, 0) is 0 Å². The Morgan fingerprint density at radius 2 is 1.60 bits per heavy atom. The van der Waals surface area contributed by atoms with Gasteiger partial charge in [-0.2, -0.15) is 0 Å². The summed E-state index contributed by atoms with van der Waals surface area (Å²) in [7, 11) is 4.75. The Hall–Kier alpha value is -2.67. The van der Waals surface area contributed by atoms with Gasteiger partial charge >= 0.3 is 0 Å². The zero-order chi connectivity index (χ0) is 21.4. The van der Waals surface area contributed by atoms with Crippen LogP contribution in [0.25, 0.3) is 32.3 Å². The molecule has 0 aliphatic heterocycles. The van der Waals surface area contributed by atoms with E-state index in [0.29, 0.717) is 33.1 Å². The number of nitrogen functional groups attached to an aromatic ring is 1. The first-order chi connectivity index (χ1) is 14.5. The molecule has 2 N–H and O–H groups in total. The van der Waals surface area contributed by atoms with Crippen molar-refractivity contribution in [1.82, 2.24) is 4.98 Å². The number of thiophene rings is 1. The Balaban J connectivity index is 1.97. The summed E-state index contributed by atoms with van der Waals surface area (Å²) in [5, 5.41) is 4.00. The van der Waals surface area contributed by atoms with Crippen LogP contribution in [0, 0.1) is 0 Å². The molecule has 30 heavy (non-hydrogen) atoms. The molecule has 4 rings (SSSR count). The fourth-order valence-electron chi connectivity index (χ4n) is 3.42. The highest BCUT2D eigenvalue weighted by Crippen LogP contribution is 2.47. The first-order valence-corrected chi connectivity index (χ1v) is 10.5. The third-order valence-electron chi connectivity index (χ3n) is 4.82. The van der Waals surface area contributed by atoms with E-state index in [1.165, 1.54) is 0 Å². The zero-order valence-corrected chi connectivity index (χ0v) is 18.8. The van der Waals surface area contributed by atoms with Gasteiger partial charge in [0.1, 0.15) is 5.82 Å². The van der Waals surface area contributed by atoms with Crippen LogP contribution in [0.2, 0.25) is 10.0 Å². The Kier molecular flexibility index (Phi) is 5.64. The number of pyridine rings is 1. The van der Waals surface area contributed by atoms with Gasteiger partial charge in [0.05, 0.1) is 21.3 Å². The summed E-state index contributed by atoms with van der Waals surface area (Å²) >= 11 is 14.1. The molecule has 2 aromatic heterocycles. The topological polar surface area (TPSA) is 66.6 Å². The Bertz CT molecular complexity index is 1230. The minimum atomic E-state index is 0.434.